The summed E-state index contributed by atoms with van der Waals surface area (Å²) in [5.41, 5.74) is 0.437. The van der Waals surface area contributed by atoms with Crippen LogP contribution in [0.4, 0.5) is 0 Å². The average molecular weight is 557 g/mol. The number of ether oxygens (including phenoxy) is 5. The number of nitrogens with one attached hydrogen (secondary N) is 1. The van der Waals surface area contributed by atoms with Crippen molar-refractivity contribution in [3.63, 3.8) is 0 Å². The second-order valence-corrected chi connectivity index (χ2v) is 9.44. The molecule has 214 valence electrons. The summed E-state index contributed by atoms with van der Waals surface area (Å²) in [4.78, 5) is 67.7. The molecule has 1 aliphatic rings. The number of carbonyl (C=O) groups is 5. The second kappa shape index (κ2) is 13.5. The topological polar surface area (TPSA) is 156 Å². The van der Waals surface area contributed by atoms with Crippen molar-refractivity contribution >= 4 is 29.8 Å². The fourth-order valence-corrected chi connectivity index (χ4v) is 3.97. The molecule has 12 heteroatoms. The quantitative estimate of drug-likeness (QED) is 0.375. The van der Waals surface area contributed by atoms with Crippen LogP contribution in [0.1, 0.15) is 43.7 Å². The van der Waals surface area contributed by atoms with Crippen LogP contribution in [0, 0.1) is 11.8 Å². The molecule has 1 saturated heterocycles. The molecular weight excluding hydrogens is 524 g/mol. The summed E-state index contributed by atoms with van der Waals surface area (Å²) in [6, 6.07) is 8.98. The number of methoxy groups -OCH3 is 1. The van der Waals surface area contributed by atoms with Crippen molar-refractivity contribution in [1.82, 2.24) is 10.3 Å². The Balaban J connectivity index is 1.90. The highest BCUT2D eigenvalue weighted by Crippen LogP contribution is 2.30. The van der Waals surface area contributed by atoms with Gasteiger partial charge in [-0.25, -0.2) is 9.78 Å². The largest absolute Gasteiger partial charge is 0.493 e. The normalized spacial score (nSPS) is 21.1. The summed E-state index contributed by atoms with van der Waals surface area (Å²) >= 11 is 0. The number of cyclic esters (lactones) is 2. The Kier molecular flexibility index (Phi) is 10.2. The van der Waals surface area contributed by atoms with Crippen LogP contribution in [0.3, 0.4) is 0 Å². The van der Waals surface area contributed by atoms with Crippen LogP contribution in [0.15, 0.2) is 42.6 Å². The molecule has 0 aliphatic carbocycles. The number of hydrogen-bond donors (Lipinski definition) is 1. The van der Waals surface area contributed by atoms with Gasteiger partial charge in [-0.15, -0.1) is 0 Å². The number of esters is 4. The third kappa shape index (κ3) is 7.55. The molecule has 1 amide bonds. The lowest BCUT2D eigenvalue weighted by atomic mass is 9.91. The van der Waals surface area contributed by atoms with Crippen molar-refractivity contribution in [2.75, 3.05) is 13.7 Å². The van der Waals surface area contributed by atoms with Crippen LogP contribution in [-0.2, 0) is 39.8 Å². The van der Waals surface area contributed by atoms with Crippen LogP contribution in [0.25, 0.3) is 0 Å². The van der Waals surface area contributed by atoms with Gasteiger partial charge in [0, 0.05) is 19.2 Å². The summed E-state index contributed by atoms with van der Waals surface area (Å²) in [6.07, 6.45) is -0.822. The summed E-state index contributed by atoms with van der Waals surface area (Å²) < 4.78 is 26.9. The SMILES string of the molecule is COc1ccnc(C(=O)NC2COC(=O)[C@H](Cc3ccccc3)[C@@H](OC(=O)C(C)C)[C@H](C)OC2=O)c1OC(C)=O. The van der Waals surface area contributed by atoms with Crippen LogP contribution >= 0.6 is 0 Å². The van der Waals surface area contributed by atoms with Crippen molar-refractivity contribution < 1.29 is 47.7 Å². The van der Waals surface area contributed by atoms with Gasteiger partial charge in [-0.05, 0) is 18.9 Å². The van der Waals surface area contributed by atoms with Gasteiger partial charge in [0.1, 0.15) is 18.6 Å². The van der Waals surface area contributed by atoms with E-state index in [1.165, 1.54) is 26.3 Å². The molecule has 0 radical (unpaired) electrons. The molecule has 1 aliphatic heterocycles. The van der Waals surface area contributed by atoms with E-state index in [0.29, 0.717) is 0 Å². The number of carbonyl (C=O) groups excluding carboxylic acids is 5. The zero-order chi connectivity index (χ0) is 29.4. The zero-order valence-electron chi connectivity index (χ0n) is 22.9. The van der Waals surface area contributed by atoms with E-state index in [1.54, 1.807) is 26.0 Å². The fraction of sp³-hybridized carbons (Fsp3) is 0.429. The molecule has 1 fully saturated rings. The predicted octanol–water partition coefficient (Wildman–Crippen LogP) is 2.03. The van der Waals surface area contributed by atoms with Crippen LogP contribution in [0.2, 0.25) is 0 Å². The van der Waals surface area contributed by atoms with Crippen molar-refractivity contribution in [2.24, 2.45) is 11.8 Å². The van der Waals surface area contributed by atoms with Gasteiger partial charge < -0.3 is 29.0 Å². The minimum Gasteiger partial charge on any atom is -0.493 e. The van der Waals surface area contributed by atoms with Gasteiger partial charge in [0.05, 0.1) is 13.0 Å². The van der Waals surface area contributed by atoms with Gasteiger partial charge in [0.2, 0.25) is 5.75 Å². The average Bonchev–Trinajstić information content (AvgIpc) is 2.95. The molecule has 1 N–H and O–H groups in total. The highest BCUT2D eigenvalue weighted by molar-refractivity contribution is 5.98. The van der Waals surface area contributed by atoms with Crippen molar-refractivity contribution in [1.29, 1.82) is 0 Å². The number of nitrogens with zero attached hydrogens (tertiary/aromatic N) is 1. The van der Waals surface area contributed by atoms with E-state index in [4.69, 9.17) is 23.7 Å². The number of pyridine rings is 1. The van der Waals surface area contributed by atoms with Gasteiger partial charge in [0.15, 0.2) is 23.6 Å². The molecule has 0 saturated carbocycles. The molecule has 0 bridgehead atoms. The monoisotopic (exact) mass is 556 g/mol. The molecular formula is C28H32N2O10. The highest BCUT2D eigenvalue weighted by Gasteiger charge is 2.42. The molecule has 0 spiro atoms. The lowest BCUT2D eigenvalue weighted by Crippen LogP contribution is -2.47. The van der Waals surface area contributed by atoms with Crippen molar-refractivity contribution in [3.05, 3.63) is 53.9 Å². The Labute approximate surface area is 231 Å². The first-order valence-corrected chi connectivity index (χ1v) is 12.7. The molecule has 2 aromatic rings. The van der Waals surface area contributed by atoms with E-state index in [0.717, 1.165) is 12.5 Å². The smallest absolute Gasteiger partial charge is 0.332 e. The van der Waals surface area contributed by atoms with E-state index >= 15 is 0 Å². The summed E-state index contributed by atoms with van der Waals surface area (Å²) in [5.74, 6) is -5.58. The first-order valence-electron chi connectivity index (χ1n) is 12.7. The number of benzene rings is 1. The minimum absolute atomic E-state index is 0.0611. The number of amides is 1. The standard InChI is InChI=1S/C28H32N2O10/c1-15(2)26(33)40-23-16(3)38-28(35)20(14-37-27(34)19(23)13-18-9-7-6-8-10-18)30-25(32)22-24(39-17(4)31)21(36-5)11-12-29-22/h6-12,15-16,19-20,23H,13-14H2,1-5H3,(H,30,32)/t16-,19+,20?,23-/m0/s1. The maximum atomic E-state index is 13.3. The molecule has 12 nitrogen and oxygen atoms in total. The Bertz CT molecular complexity index is 1250. The maximum Gasteiger partial charge on any atom is 0.332 e. The first kappa shape index (κ1) is 30.1. The van der Waals surface area contributed by atoms with Crippen LogP contribution in [-0.4, -0.2) is 66.7 Å². The van der Waals surface area contributed by atoms with Gasteiger partial charge in [-0.3, -0.25) is 19.2 Å². The second-order valence-electron chi connectivity index (χ2n) is 9.44. The highest BCUT2D eigenvalue weighted by atomic mass is 16.6. The first-order chi connectivity index (χ1) is 19.0. The Morgan fingerprint density at radius 3 is 2.42 bits per heavy atom. The Hall–Kier alpha value is -4.48. The predicted molar refractivity (Wildman–Crippen MR) is 138 cm³/mol. The minimum atomic E-state index is -1.45. The lowest BCUT2D eigenvalue weighted by molar-refractivity contribution is -0.176. The van der Waals surface area contributed by atoms with E-state index in [1.807, 2.05) is 18.2 Å². The van der Waals surface area contributed by atoms with E-state index < -0.39 is 66.5 Å². The lowest BCUT2D eigenvalue weighted by Gasteiger charge is -2.29. The van der Waals surface area contributed by atoms with E-state index in [-0.39, 0.29) is 23.6 Å². The molecule has 40 heavy (non-hydrogen) atoms. The summed E-state index contributed by atoms with van der Waals surface area (Å²) in [7, 11) is 1.31. The third-order valence-electron chi connectivity index (χ3n) is 6.02. The van der Waals surface area contributed by atoms with Crippen molar-refractivity contribution in [3.8, 4) is 11.5 Å². The molecule has 2 heterocycles. The Morgan fingerprint density at radius 1 is 1.10 bits per heavy atom. The fourth-order valence-electron chi connectivity index (χ4n) is 3.97. The molecule has 1 aromatic heterocycles. The molecule has 4 atom stereocenters. The van der Waals surface area contributed by atoms with Crippen molar-refractivity contribution in [2.45, 2.75) is 52.4 Å². The van der Waals surface area contributed by atoms with E-state index in [2.05, 4.69) is 10.3 Å². The molecule has 1 unspecified atom stereocenters. The van der Waals surface area contributed by atoms with Gasteiger partial charge in [0.25, 0.3) is 5.91 Å². The number of aromatic nitrogens is 1. The third-order valence-corrected chi connectivity index (χ3v) is 6.02. The number of rotatable bonds is 8. The van der Waals surface area contributed by atoms with Gasteiger partial charge in [-0.1, -0.05) is 44.2 Å². The molecule has 1 aromatic carbocycles. The van der Waals surface area contributed by atoms with Gasteiger partial charge in [-0.2, -0.15) is 0 Å². The van der Waals surface area contributed by atoms with Crippen LogP contribution in [0.5, 0.6) is 11.5 Å². The summed E-state index contributed by atoms with van der Waals surface area (Å²) in [5, 5.41) is 2.42. The van der Waals surface area contributed by atoms with Gasteiger partial charge >= 0.3 is 23.9 Å². The summed E-state index contributed by atoms with van der Waals surface area (Å²) in [6.45, 7) is 5.34. The van der Waals surface area contributed by atoms with Crippen LogP contribution < -0.4 is 14.8 Å². The maximum absolute atomic E-state index is 13.3. The zero-order valence-corrected chi connectivity index (χ0v) is 22.9. The Morgan fingerprint density at radius 2 is 1.80 bits per heavy atom. The molecule has 3 rings (SSSR count). The van der Waals surface area contributed by atoms with E-state index in [9.17, 15) is 24.0 Å². The number of hydrogen-bond acceptors (Lipinski definition) is 11.